The normalized spacial score (nSPS) is 18.1. The third-order valence-electron chi connectivity index (χ3n) is 5.01. The van der Waals surface area contributed by atoms with Gasteiger partial charge in [-0.3, -0.25) is 14.5 Å². The van der Waals surface area contributed by atoms with Gasteiger partial charge in [-0.05, 0) is 43.9 Å². The van der Waals surface area contributed by atoms with Crippen molar-refractivity contribution in [3.63, 3.8) is 0 Å². The maximum atomic E-state index is 12.6. The van der Waals surface area contributed by atoms with E-state index in [4.69, 9.17) is 4.74 Å². The molecule has 0 unspecified atom stereocenters. The van der Waals surface area contributed by atoms with E-state index in [1.165, 1.54) is 4.90 Å². The highest BCUT2D eigenvalue weighted by atomic mass is 16.5. The maximum Gasteiger partial charge on any atom is 0.235 e. The standard InChI is InChI=1S/C19H27NO4/c1-5-19(6-2)10-17(22)20(18(19)23)11-15(21)12-24-16-9-13(3)7-8-14(16)4/h7-9,15,21H,5-6,10-12H2,1-4H3/t15-/m0/s1. The van der Waals surface area contributed by atoms with Crippen LogP contribution in [0.3, 0.4) is 0 Å². The summed E-state index contributed by atoms with van der Waals surface area (Å²) in [5, 5.41) is 10.2. The minimum Gasteiger partial charge on any atom is -0.491 e. The van der Waals surface area contributed by atoms with Crippen molar-refractivity contribution in [1.82, 2.24) is 4.90 Å². The Balaban J connectivity index is 1.97. The lowest BCUT2D eigenvalue weighted by molar-refractivity contribution is -0.143. The van der Waals surface area contributed by atoms with Crippen molar-refractivity contribution >= 4 is 11.8 Å². The molecule has 1 N–H and O–H groups in total. The zero-order chi connectivity index (χ0) is 17.9. The number of aryl methyl sites for hydroxylation is 2. The van der Waals surface area contributed by atoms with Crippen molar-refractivity contribution in [2.75, 3.05) is 13.2 Å². The molecule has 1 atom stereocenters. The number of amides is 2. The van der Waals surface area contributed by atoms with Crippen LogP contribution in [0.25, 0.3) is 0 Å². The summed E-state index contributed by atoms with van der Waals surface area (Å²) in [4.78, 5) is 25.9. The number of nitrogens with zero attached hydrogens (tertiary/aromatic N) is 1. The number of carbonyl (C=O) groups is 2. The summed E-state index contributed by atoms with van der Waals surface area (Å²) in [6.07, 6.45) is 0.616. The molecule has 1 aromatic carbocycles. The number of hydrogen-bond donors (Lipinski definition) is 1. The van der Waals surface area contributed by atoms with Crippen LogP contribution in [0.15, 0.2) is 18.2 Å². The molecule has 5 nitrogen and oxygen atoms in total. The first kappa shape index (κ1) is 18.5. The molecule has 5 heteroatoms. The molecule has 0 bridgehead atoms. The lowest BCUT2D eigenvalue weighted by Crippen LogP contribution is -2.41. The predicted molar refractivity (Wildman–Crippen MR) is 91.8 cm³/mol. The number of hydrogen-bond acceptors (Lipinski definition) is 4. The van der Waals surface area contributed by atoms with Crippen LogP contribution in [0.2, 0.25) is 0 Å². The predicted octanol–water partition coefficient (Wildman–Crippen LogP) is 2.61. The van der Waals surface area contributed by atoms with E-state index in [0.717, 1.165) is 11.1 Å². The number of aliphatic hydroxyl groups excluding tert-OH is 1. The summed E-state index contributed by atoms with van der Waals surface area (Å²) in [7, 11) is 0. The first-order chi connectivity index (χ1) is 11.3. The largest absolute Gasteiger partial charge is 0.491 e. The molecule has 2 amide bonds. The fourth-order valence-electron chi connectivity index (χ4n) is 3.16. The van der Waals surface area contributed by atoms with Gasteiger partial charge in [0, 0.05) is 6.42 Å². The van der Waals surface area contributed by atoms with Gasteiger partial charge in [-0.1, -0.05) is 26.0 Å². The van der Waals surface area contributed by atoms with Crippen LogP contribution < -0.4 is 4.74 Å². The molecule has 1 aliphatic heterocycles. The van der Waals surface area contributed by atoms with Gasteiger partial charge in [-0.15, -0.1) is 0 Å². The fourth-order valence-corrected chi connectivity index (χ4v) is 3.16. The number of rotatable bonds is 7. The van der Waals surface area contributed by atoms with Gasteiger partial charge in [-0.25, -0.2) is 0 Å². The number of likely N-dealkylation sites (tertiary alicyclic amines) is 1. The van der Waals surface area contributed by atoms with Gasteiger partial charge in [0.1, 0.15) is 18.5 Å². The Hall–Kier alpha value is -1.88. The molecule has 0 spiro atoms. The molecule has 1 aliphatic rings. The van der Waals surface area contributed by atoms with E-state index in [0.29, 0.717) is 18.6 Å². The van der Waals surface area contributed by atoms with E-state index in [1.54, 1.807) is 0 Å². The van der Waals surface area contributed by atoms with Crippen LogP contribution >= 0.6 is 0 Å². The summed E-state index contributed by atoms with van der Waals surface area (Å²) in [6, 6.07) is 5.87. The molecule has 132 valence electrons. The summed E-state index contributed by atoms with van der Waals surface area (Å²) in [5.74, 6) is 0.349. The Morgan fingerprint density at radius 3 is 2.50 bits per heavy atom. The van der Waals surface area contributed by atoms with Crippen LogP contribution in [-0.4, -0.2) is 41.1 Å². The number of imide groups is 1. The minimum atomic E-state index is -0.901. The van der Waals surface area contributed by atoms with Crippen molar-refractivity contribution in [3.8, 4) is 5.75 Å². The van der Waals surface area contributed by atoms with Gasteiger partial charge in [-0.2, -0.15) is 0 Å². The Bertz CT molecular complexity index is 622. The topological polar surface area (TPSA) is 66.8 Å². The van der Waals surface area contributed by atoms with Gasteiger partial charge in [0.2, 0.25) is 11.8 Å². The summed E-state index contributed by atoms with van der Waals surface area (Å²) >= 11 is 0. The number of β-amino-alcohol motifs (C(OH)–C–C–N with tert-alkyl or cyclic N) is 1. The molecular formula is C19H27NO4. The molecule has 0 radical (unpaired) electrons. The molecule has 1 aromatic rings. The van der Waals surface area contributed by atoms with E-state index < -0.39 is 11.5 Å². The van der Waals surface area contributed by atoms with Crippen LogP contribution in [0.5, 0.6) is 5.75 Å². The molecule has 2 rings (SSSR count). The Labute approximate surface area is 143 Å². The van der Waals surface area contributed by atoms with Gasteiger partial charge in [0.15, 0.2) is 0 Å². The Kier molecular flexibility index (Phi) is 5.65. The maximum absolute atomic E-state index is 12.6. The van der Waals surface area contributed by atoms with E-state index in [-0.39, 0.29) is 31.4 Å². The number of ether oxygens (including phenoxy) is 1. The zero-order valence-electron chi connectivity index (χ0n) is 15.0. The SMILES string of the molecule is CCC1(CC)CC(=O)N(C[C@H](O)COc2cc(C)ccc2C)C1=O. The molecule has 0 aromatic heterocycles. The van der Waals surface area contributed by atoms with Crippen molar-refractivity contribution in [3.05, 3.63) is 29.3 Å². The van der Waals surface area contributed by atoms with Crippen LogP contribution in [0.1, 0.15) is 44.2 Å². The van der Waals surface area contributed by atoms with Crippen molar-refractivity contribution in [2.24, 2.45) is 5.41 Å². The second-order valence-electron chi connectivity index (χ2n) is 6.71. The number of aliphatic hydroxyl groups is 1. The highest BCUT2D eigenvalue weighted by Crippen LogP contribution is 2.39. The van der Waals surface area contributed by atoms with E-state index in [2.05, 4.69) is 0 Å². The van der Waals surface area contributed by atoms with Crippen molar-refractivity contribution in [2.45, 2.75) is 53.1 Å². The van der Waals surface area contributed by atoms with E-state index >= 15 is 0 Å². The third-order valence-corrected chi connectivity index (χ3v) is 5.01. The molecule has 1 heterocycles. The van der Waals surface area contributed by atoms with Gasteiger partial charge < -0.3 is 9.84 Å². The molecule has 1 fully saturated rings. The lowest BCUT2D eigenvalue weighted by Gasteiger charge is -2.25. The second kappa shape index (κ2) is 7.34. The molecular weight excluding hydrogens is 306 g/mol. The Morgan fingerprint density at radius 1 is 1.25 bits per heavy atom. The molecule has 1 saturated heterocycles. The van der Waals surface area contributed by atoms with Gasteiger partial charge in [0.05, 0.1) is 12.0 Å². The first-order valence-corrected chi connectivity index (χ1v) is 8.56. The second-order valence-corrected chi connectivity index (χ2v) is 6.71. The third kappa shape index (κ3) is 3.61. The summed E-state index contributed by atoms with van der Waals surface area (Å²) in [6.45, 7) is 7.80. The van der Waals surface area contributed by atoms with Gasteiger partial charge >= 0.3 is 0 Å². The average Bonchev–Trinajstić information content (AvgIpc) is 2.80. The minimum absolute atomic E-state index is 0.00964. The fraction of sp³-hybridized carbons (Fsp3) is 0.579. The molecule has 24 heavy (non-hydrogen) atoms. The molecule has 0 aliphatic carbocycles. The smallest absolute Gasteiger partial charge is 0.235 e. The Morgan fingerprint density at radius 2 is 1.92 bits per heavy atom. The highest BCUT2D eigenvalue weighted by Gasteiger charge is 2.49. The first-order valence-electron chi connectivity index (χ1n) is 8.56. The van der Waals surface area contributed by atoms with Crippen LogP contribution in [-0.2, 0) is 9.59 Å². The van der Waals surface area contributed by atoms with Gasteiger partial charge in [0.25, 0.3) is 0 Å². The quantitative estimate of drug-likeness (QED) is 0.779. The van der Waals surface area contributed by atoms with E-state index in [1.807, 2.05) is 45.9 Å². The number of carbonyl (C=O) groups excluding carboxylic acids is 2. The highest BCUT2D eigenvalue weighted by molar-refractivity contribution is 6.05. The van der Waals surface area contributed by atoms with E-state index in [9.17, 15) is 14.7 Å². The lowest BCUT2D eigenvalue weighted by atomic mass is 9.81. The summed E-state index contributed by atoms with van der Waals surface area (Å²) in [5.41, 5.74) is 1.47. The average molecular weight is 333 g/mol. The van der Waals surface area contributed by atoms with Crippen LogP contribution in [0, 0.1) is 19.3 Å². The molecule has 0 saturated carbocycles. The van der Waals surface area contributed by atoms with Crippen molar-refractivity contribution in [1.29, 1.82) is 0 Å². The zero-order valence-corrected chi connectivity index (χ0v) is 15.0. The van der Waals surface area contributed by atoms with Crippen molar-refractivity contribution < 1.29 is 19.4 Å². The van der Waals surface area contributed by atoms with Crippen LogP contribution in [0.4, 0.5) is 0 Å². The summed E-state index contributed by atoms with van der Waals surface area (Å²) < 4.78 is 5.67. The number of benzene rings is 1. The monoisotopic (exact) mass is 333 g/mol.